The maximum atomic E-state index is 12.1. The van der Waals surface area contributed by atoms with Crippen LogP contribution in [0.1, 0.15) is 11.4 Å². The monoisotopic (exact) mass is 291 g/mol. The fourth-order valence-electron chi connectivity index (χ4n) is 2.24. The third-order valence-corrected chi connectivity index (χ3v) is 3.42. The molecular weight excluding hydrogens is 274 g/mol. The van der Waals surface area contributed by atoms with Crippen molar-refractivity contribution in [2.24, 2.45) is 0 Å². The van der Waals surface area contributed by atoms with E-state index in [1.54, 1.807) is 18.0 Å². The second-order valence-electron chi connectivity index (χ2n) is 5.14. The lowest BCUT2D eigenvalue weighted by atomic mass is 10.2. The van der Waals surface area contributed by atoms with Crippen molar-refractivity contribution < 1.29 is 4.79 Å². The zero-order chi connectivity index (χ0) is 15.4. The third kappa shape index (κ3) is 3.23. The summed E-state index contributed by atoms with van der Waals surface area (Å²) in [5.41, 5.74) is 2.91. The van der Waals surface area contributed by atoms with Gasteiger partial charge in [-0.05, 0) is 23.8 Å². The number of carbonyl (C=O) groups excluding carboxylic acids is 1. The van der Waals surface area contributed by atoms with Gasteiger partial charge >= 0.3 is 0 Å². The first-order chi connectivity index (χ1) is 10.7. The Morgan fingerprint density at radius 2 is 1.86 bits per heavy atom. The number of fused-ring (bicyclic) bond motifs is 1. The molecule has 0 atom stereocenters. The van der Waals surface area contributed by atoms with Gasteiger partial charge in [-0.25, -0.2) is 4.98 Å². The van der Waals surface area contributed by atoms with E-state index in [-0.39, 0.29) is 5.91 Å². The molecule has 1 aromatic heterocycles. The third-order valence-electron chi connectivity index (χ3n) is 3.42. The maximum Gasteiger partial charge on any atom is 0.246 e. The first kappa shape index (κ1) is 14.1. The van der Waals surface area contributed by atoms with E-state index in [0.717, 1.165) is 22.4 Å². The number of likely N-dealkylation sites (N-methyl/N-ethyl adjacent to an activating group) is 1. The number of aromatic amines is 1. The Morgan fingerprint density at radius 3 is 2.64 bits per heavy atom. The molecule has 0 spiro atoms. The number of nitrogens with zero attached hydrogens (tertiary/aromatic N) is 2. The zero-order valence-electron chi connectivity index (χ0n) is 12.4. The molecule has 4 heteroatoms. The van der Waals surface area contributed by atoms with Crippen molar-refractivity contribution >= 4 is 23.0 Å². The van der Waals surface area contributed by atoms with Crippen molar-refractivity contribution in [1.82, 2.24) is 14.9 Å². The summed E-state index contributed by atoms with van der Waals surface area (Å²) in [5.74, 6) is 0.731. The lowest BCUT2D eigenvalue weighted by molar-refractivity contribution is -0.125. The molecule has 3 rings (SSSR count). The lowest BCUT2D eigenvalue weighted by Crippen LogP contribution is -2.24. The van der Waals surface area contributed by atoms with Crippen molar-refractivity contribution in [1.29, 1.82) is 0 Å². The van der Waals surface area contributed by atoms with Crippen molar-refractivity contribution in [3.8, 4) is 0 Å². The molecule has 0 saturated carbocycles. The Kier molecular flexibility index (Phi) is 4.01. The highest BCUT2D eigenvalue weighted by Gasteiger charge is 2.09. The fraction of sp³-hybridized carbons (Fsp3) is 0.111. The number of hydrogen-bond donors (Lipinski definition) is 1. The van der Waals surface area contributed by atoms with Gasteiger partial charge in [0.1, 0.15) is 5.82 Å². The van der Waals surface area contributed by atoms with Gasteiger partial charge in [-0.2, -0.15) is 0 Å². The van der Waals surface area contributed by atoms with Crippen molar-refractivity contribution in [3.05, 3.63) is 72.1 Å². The first-order valence-corrected chi connectivity index (χ1v) is 7.14. The molecule has 110 valence electrons. The number of nitrogens with one attached hydrogen (secondary N) is 1. The summed E-state index contributed by atoms with van der Waals surface area (Å²) < 4.78 is 0. The fourth-order valence-corrected chi connectivity index (χ4v) is 2.24. The lowest BCUT2D eigenvalue weighted by Gasteiger charge is -2.12. The molecule has 0 aliphatic carbocycles. The number of amides is 1. The Bertz CT molecular complexity index is 772. The number of H-pyrrole nitrogens is 1. The minimum atomic E-state index is -0.0516. The molecule has 0 radical (unpaired) electrons. The summed E-state index contributed by atoms with van der Waals surface area (Å²) in [5, 5.41) is 0. The summed E-state index contributed by atoms with van der Waals surface area (Å²) >= 11 is 0. The van der Waals surface area contributed by atoms with Gasteiger partial charge in [-0.15, -0.1) is 0 Å². The second-order valence-corrected chi connectivity index (χ2v) is 5.14. The molecule has 1 amide bonds. The van der Waals surface area contributed by atoms with Crippen LogP contribution in [0.2, 0.25) is 0 Å². The molecule has 0 saturated heterocycles. The SMILES string of the molecule is CN(Cc1nc2ccccc2[nH]1)C(=O)/C=C\c1ccccc1. The largest absolute Gasteiger partial charge is 0.340 e. The minimum absolute atomic E-state index is 0.0516. The van der Waals surface area contributed by atoms with Gasteiger partial charge in [-0.1, -0.05) is 42.5 Å². The van der Waals surface area contributed by atoms with E-state index < -0.39 is 0 Å². The highest BCUT2D eigenvalue weighted by atomic mass is 16.2. The number of imidazole rings is 1. The molecule has 0 unspecified atom stereocenters. The summed E-state index contributed by atoms with van der Waals surface area (Å²) in [6, 6.07) is 17.6. The molecule has 0 aliphatic rings. The second kappa shape index (κ2) is 6.26. The van der Waals surface area contributed by atoms with Crippen LogP contribution in [0.3, 0.4) is 0 Å². The van der Waals surface area contributed by atoms with Crippen LogP contribution in [0.5, 0.6) is 0 Å². The number of hydrogen-bond acceptors (Lipinski definition) is 2. The van der Waals surface area contributed by atoms with Crippen molar-refractivity contribution in [2.75, 3.05) is 7.05 Å². The van der Waals surface area contributed by atoms with Crippen LogP contribution in [-0.4, -0.2) is 27.8 Å². The van der Waals surface area contributed by atoms with Gasteiger partial charge in [0.15, 0.2) is 0 Å². The number of carbonyl (C=O) groups is 1. The van der Waals surface area contributed by atoms with Gasteiger partial charge in [0.05, 0.1) is 17.6 Å². The van der Waals surface area contributed by atoms with Crippen LogP contribution in [-0.2, 0) is 11.3 Å². The van der Waals surface area contributed by atoms with Gasteiger partial charge in [0.2, 0.25) is 5.91 Å². The molecule has 22 heavy (non-hydrogen) atoms. The van der Waals surface area contributed by atoms with Crippen LogP contribution >= 0.6 is 0 Å². The Hall–Kier alpha value is -2.88. The van der Waals surface area contributed by atoms with E-state index in [0.29, 0.717) is 6.54 Å². The average molecular weight is 291 g/mol. The zero-order valence-corrected chi connectivity index (χ0v) is 12.4. The minimum Gasteiger partial charge on any atom is -0.340 e. The van der Waals surface area contributed by atoms with E-state index >= 15 is 0 Å². The van der Waals surface area contributed by atoms with E-state index in [1.165, 1.54) is 0 Å². The predicted octanol–water partition coefficient (Wildman–Crippen LogP) is 3.23. The standard InChI is InChI=1S/C18H17N3O/c1-21(18(22)12-11-14-7-3-2-4-8-14)13-17-19-15-9-5-6-10-16(15)20-17/h2-12H,13H2,1H3,(H,19,20)/b12-11-. The van der Waals surface area contributed by atoms with Gasteiger partial charge in [-0.3, -0.25) is 4.79 Å². The number of para-hydroxylation sites is 2. The highest BCUT2D eigenvalue weighted by Crippen LogP contribution is 2.11. The van der Waals surface area contributed by atoms with E-state index in [9.17, 15) is 4.79 Å². The van der Waals surface area contributed by atoms with Gasteiger partial charge in [0.25, 0.3) is 0 Å². The number of rotatable bonds is 4. The van der Waals surface area contributed by atoms with Crippen LogP contribution in [0.4, 0.5) is 0 Å². The first-order valence-electron chi connectivity index (χ1n) is 7.14. The molecule has 0 bridgehead atoms. The molecule has 4 nitrogen and oxygen atoms in total. The summed E-state index contributed by atoms with van der Waals surface area (Å²) in [6.07, 6.45) is 3.40. The van der Waals surface area contributed by atoms with Crippen LogP contribution < -0.4 is 0 Å². The summed E-state index contributed by atoms with van der Waals surface area (Å²) in [6.45, 7) is 0.451. The Balaban J connectivity index is 1.67. The number of aromatic nitrogens is 2. The molecule has 0 aliphatic heterocycles. The van der Waals surface area contributed by atoms with E-state index in [1.807, 2.05) is 60.7 Å². The van der Waals surface area contributed by atoms with Crippen LogP contribution in [0.25, 0.3) is 17.1 Å². The smallest absolute Gasteiger partial charge is 0.246 e. The molecule has 0 fully saturated rings. The van der Waals surface area contributed by atoms with Gasteiger partial charge < -0.3 is 9.88 Å². The van der Waals surface area contributed by atoms with E-state index in [4.69, 9.17) is 0 Å². The quantitative estimate of drug-likeness (QED) is 0.750. The average Bonchev–Trinajstić information content (AvgIpc) is 2.95. The predicted molar refractivity (Wildman–Crippen MR) is 88.0 cm³/mol. The van der Waals surface area contributed by atoms with Gasteiger partial charge in [0, 0.05) is 13.1 Å². The Morgan fingerprint density at radius 1 is 1.14 bits per heavy atom. The molecule has 3 aromatic rings. The summed E-state index contributed by atoms with van der Waals surface area (Å²) in [7, 11) is 1.77. The topological polar surface area (TPSA) is 49.0 Å². The van der Waals surface area contributed by atoms with E-state index in [2.05, 4.69) is 9.97 Å². The van der Waals surface area contributed by atoms with Crippen molar-refractivity contribution in [2.45, 2.75) is 6.54 Å². The number of benzene rings is 2. The Labute approximate surface area is 129 Å². The normalized spacial score (nSPS) is 11.1. The summed E-state index contributed by atoms with van der Waals surface area (Å²) in [4.78, 5) is 21.5. The molecule has 2 aromatic carbocycles. The molecule has 1 heterocycles. The van der Waals surface area contributed by atoms with Crippen LogP contribution in [0.15, 0.2) is 60.7 Å². The molecule has 1 N–H and O–H groups in total. The highest BCUT2D eigenvalue weighted by molar-refractivity contribution is 5.91. The van der Waals surface area contributed by atoms with Crippen molar-refractivity contribution in [3.63, 3.8) is 0 Å². The van der Waals surface area contributed by atoms with Crippen LogP contribution in [0, 0.1) is 0 Å². The maximum absolute atomic E-state index is 12.1. The molecular formula is C18H17N3O.